The average molecular weight is 399 g/mol. The summed E-state index contributed by atoms with van der Waals surface area (Å²) in [6, 6.07) is 10.1. The monoisotopic (exact) mass is 399 g/mol. The van der Waals surface area contributed by atoms with E-state index in [9.17, 15) is 14.4 Å². The van der Waals surface area contributed by atoms with Gasteiger partial charge in [-0.25, -0.2) is 0 Å². The van der Waals surface area contributed by atoms with Crippen LogP contribution in [0.4, 0.5) is 0 Å². The van der Waals surface area contributed by atoms with Gasteiger partial charge in [0.15, 0.2) is 0 Å². The van der Waals surface area contributed by atoms with Gasteiger partial charge in [0.25, 0.3) is 0 Å². The first-order chi connectivity index (χ1) is 14.1. The molecule has 1 aromatic carbocycles. The van der Waals surface area contributed by atoms with Crippen molar-refractivity contribution in [1.29, 1.82) is 0 Å². The third-order valence-electron chi connectivity index (χ3n) is 6.40. The lowest BCUT2D eigenvalue weighted by atomic mass is 9.81. The van der Waals surface area contributed by atoms with Gasteiger partial charge in [-0.2, -0.15) is 0 Å². The number of likely N-dealkylation sites (tertiary alicyclic amines) is 1. The van der Waals surface area contributed by atoms with Crippen LogP contribution in [-0.4, -0.2) is 66.9 Å². The van der Waals surface area contributed by atoms with Crippen LogP contribution >= 0.6 is 0 Å². The largest absolute Gasteiger partial charge is 0.379 e. The normalized spacial score (nSPS) is 26.3. The molecule has 156 valence electrons. The first kappa shape index (κ1) is 20.0. The van der Waals surface area contributed by atoms with Crippen molar-refractivity contribution in [3.8, 4) is 0 Å². The third-order valence-corrected chi connectivity index (χ3v) is 6.40. The fourth-order valence-electron chi connectivity index (χ4n) is 4.82. The van der Waals surface area contributed by atoms with Gasteiger partial charge in [-0.1, -0.05) is 43.2 Å². The summed E-state index contributed by atoms with van der Waals surface area (Å²) in [5, 5.41) is 2.96. The lowest BCUT2D eigenvalue weighted by Crippen LogP contribution is -2.46. The number of imide groups is 1. The van der Waals surface area contributed by atoms with E-state index in [-0.39, 0.29) is 42.1 Å². The van der Waals surface area contributed by atoms with Crippen LogP contribution in [0.25, 0.3) is 0 Å². The highest BCUT2D eigenvalue weighted by Crippen LogP contribution is 2.37. The second kappa shape index (κ2) is 9.05. The number of nitrogens with one attached hydrogen (secondary N) is 1. The Bertz CT molecular complexity index is 724. The molecule has 0 radical (unpaired) electrons. The summed E-state index contributed by atoms with van der Waals surface area (Å²) < 4.78 is 5.46. The zero-order valence-electron chi connectivity index (χ0n) is 16.7. The second-order valence-corrected chi connectivity index (χ2v) is 8.14. The zero-order valence-corrected chi connectivity index (χ0v) is 16.7. The van der Waals surface area contributed by atoms with Crippen LogP contribution in [0.3, 0.4) is 0 Å². The minimum atomic E-state index is -0.278. The minimum absolute atomic E-state index is 0.0385. The van der Waals surface area contributed by atoms with Gasteiger partial charge in [0, 0.05) is 19.6 Å². The number of benzene rings is 1. The molecule has 3 aliphatic rings. The molecular formula is C22H29N3O4. The molecule has 4 rings (SSSR count). The van der Waals surface area contributed by atoms with Gasteiger partial charge in [0.2, 0.25) is 17.7 Å². The number of amides is 3. The molecule has 0 unspecified atom stereocenters. The first-order valence-electron chi connectivity index (χ1n) is 10.6. The molecule has 1 aromatic rings. The van der Waals surface area contributed by atoms with Gasteiger partial charge in [-0.05, 0) is 18.4 Å². The molecule has 7 heteroatoms. The maximum Gasteiger partial charge on any atom is 0.240 e. The van der Waals surface area contributed by atoms with Crippen LogP contribution in [-0.2, 0) is 19.1 Å². The summed E-state index contributed by atoms with van der Waals surface area (Å²) in [6.07, 6.45) is 3.50. The fourth-order valence-corrected chi connectivity index (χ4v) is 4.82. The van der Waals surface area contributed by atoms with Crippen molar-refractivity contribution in [1.82, 2.24) is 15.1 Å². The van der Waals surface area contributed by atoms with E-state index in [1.54, 1.807) is 0 Å². The maximum absolute atomic E-state index is 12.6. The predicted octanol–water partition coefficient (Wildman–Crippen LogP) is 1.35. The molecular weight excluding hydrogens is 370 g/mol. The lowest BCUT2D eigenvalue weighted by Gasteiger charge is -2.35. The molecule has 2 saturated heterocycles. The molecule has 0 spiro atoms. The van der Waals surface area contributed by atoms with Crippen LogP contribution < -0.4 is 5.32 Å². The highest BCUT2D eigenvalue weighted by molar-refractivity contribution is 6.07. The summed E-state index contributed by atoms with van der Waals surface area (Å²) in [5.74, 6) is -1.03. The average Bonchev–Trinajstić information content (AvgIpc) is 3.00. The molecule has 7 nitrogen and oxygen atoms in total. The molecule has 3 atom stereocenters. The molecule has 0 bridgehead atoms. The quantitative estimate of drug-likeness (QED) is 0.731. The van der Waals surface area contributed by atoms with E-state index in [4.69, 9.17) is 4.74 Å². The van der Waals surface area contributed by atoms with Crippen LogP contribution in [0.5, 0.6) is 0 Å². The van der Waals surface area contributed by atoms with Crippen molar-refractivity contribution >= 4 is 17.7 Å². The number of carbonyl (C=O) groups is 3. The SMILES string of the molecule is O=C(CN1C(=O)[C@@H]2CCCC[C@H]2C1=O)NC[C@@H](c1ccccc1)N1CCOCC1. The Hall–Kier alpha value is -2.25. The highest BCUT2D eigenvalue weighted by Gasteiger charge is 2.48. The maximum atomic E-state index is 12.6. The van der Waals surface area contributed by atoms with E-state index in [0.29, 0.717) is 19.8 Å². The molecule has 1 N–H and O–H groups in total. The van der Waals surface area contributed by atoms with E-state index < -0.39 is 0 Å². The van der Waals surface area contributed by atoms with Gasteiger partial charge in [0.1, 0.15) is 6.54 Å². The lowest BCUT2D eigenvalue weighted by molar-refractivity contribution is -0.143. The summed E-state index contributed by atoms with van der Waals surface area (Å²) in [5.41, 5.74) is 1.13. The van der Waals surface area contributed by atoms with Gasteiger partial charge in [0.05, 0.1) is 31.1 Å². The van der Waals surface area contributed by atoms with Crippen molar-refractivity contribution < 1.29 is 19.1 Å². The Balaban J connectivity index is 1.38. The zero-order chi connectivity index (χ0) is 20.2. The molecule has 0 aromatic heterocycles. The Morgan fingerprint density at radius 1 is 1.03 bits per heavy atom. The van der Waals surface area contributed by atoms with Gasteiger partial charge in [-0.15, -0.1) is 0 Å². The summed E-state index contributed by atoms with van der Waals surface area (Å²) in [7, 11) is 0. The van der Waals surface area contributed by atoms with Crippen molar-refractivity contribution in [3.05, 3.63) is 35.9 Å². The van der Waals surface area contributed by atoms with E-state index >= 15 is 0 Å². The van der Waals surface area contributed by atoms with Crippen molar-refractivity contribution in [2.75, 3.05) is 39.4 Å². The summed E-state index contributed by atoms with van der Waals surface area (Å²) in [6.45, 7) is 3.23. The molecule has 29 heavy (non-hydrogen) atoms. The first-order valence-corrected chi connectivity index (χ1v) is 10.6. The Morgan fingerprint density at radius 2 is 1.66 bits per heavy atom. The summed E-state index contributed by atoms with van der Waals surface area (Å²) >= 11 is 0. The van der Waals surface area contributed by atoms with Gasteiger partial charge < -0.3 is 10.1 Å². The van der Waals surface area contributed by atoms with Crippen LogP contribution in [0.1, 0.15) is 37.3 Å². The molecule has 3 fully saturated rings. The van der Waals surface area contributed by atoms with E-state index in [1.165, 1.54) is 4.90 Å². The predicted molar refractivity (Wildman–Crippen MR) is 107 cm³/mol. The molecule has 2 heterocycles. The molecule has 2 aliphatic heterocycles. The molecule has 1 saturated carbocycles. The highest BCUT2D eigenvalue weighted by atomic mass is 16.5. The number of nitrogens with zero attached hydrogens (tertiary/aromatic N) is 2. The van der Waals surface area contributed by atoms with Crippen molar-refractivity contribution in [2.24, 2.45) is 11.8 Å². The van der Waals surface area contributed by atoms with E-state index in [1.807, 2.05) is 18.2 Å². The van der Waals surface area contributed by atoms with E-state index in [2.05, 4.69) is 22.3 Å². The Kier molecular flexibility index (Phi) is 6.25. The van der Waals surface area contributed by atoms with Crippen LogP contribution in [0.15, 0.2) is 30.3 Å². The smallest absolute Gasteiger partial charge is 0.240 e. The second-order valence-electron chi connectivity index (χ2n) is 8.14. The fraction of sp³-hybridized carbons (Fsp3) is 0.591. The topological polar surface area (TPSA) is 79.0 Å². The molecule has 3 amide bonds. The Labute approximate surface area is 171 Å². The van der Waals surface area contributed by atoms with Crippen LogP contribution in [0.2, 0.25) is 0 Å². The standard InChI is InChI=1S/C22H29N3O4/c26-20(15-25-21(27)17-8-4-5-9-18(17)22(25)28)23-14-19(16-6-2-1-3-7-16)24-10-12-29-13-11-24/h1-3,6-7,17-19H,4-5,8-15H2,(H,23,26)/t17-,18-,19+/m1/s1. The number of hydrogen-bond acceptors (Lipinski definition) is 5. The summed E-state index contributed by atoms with van der Waals surface area (Å²) in [4.78, 5) is 41.3. The number of ether oxygens (including phenoxy) is 1. The Morgan fingerprint density at radius 3 is 2.28 bits per heavy atom. The number of morpholine rings is 1. The number of hydrogen-bond donors (Lipinski definition) is 1. The van der Waals surface area contributed by atoms with Crippen LogP contribution in [0, 0.1) is 11.8 Å². The molecule has 1 aliphatic carbocycles. The van der Waals surface area contributed by atoms with Gasteiger partial charge in [-0.3, -0.25) is 24.2 Å². The van der Waals surface area contributed by atoms with E-state index in [0.717, 1.165) is 44.3 Å². The number of fused-ring (bicyclic) bond motifs is 1. The van der Waals surface area contributed by atoms with Crippen molar-refractivity contribution in [2.45, 2.75) is 31.7 Å². The minimum Gasteiger partial charge on any atom is -0.379 e. The van der Waals surface area contributed by atoms with Crippen molar-refractivity contribution in [3.63, 3.8) is 0 Å². The number of carbonyl (C=O) groups excluding carboxylic acids is 3. The number of rotatable bonds is 6. The third kappa shape index (κ3) is 4.36. The van der Waals surface area contributed by atoms with Gasteiger partial charge >= 0.3 is 0 Å².